The summed E-state index contributed by atoms with van der Waals surface area (Å²) in [6.45, 7) is 3.84. The molecule has 1 aromatic rings. The average Bonchev–Trinajstić information content (AvgIpc) is 2.36. The lowest BCUT2D eigenvalue weighted by Gasteiger charge is -2.16. The Morgan fingerprint density at radius 1 is 1.40 bits per heavy atom. The summed E-state index contributed by atoms with van der Waals surface area (Å²) >= 11 is 0. The largest absolute Gasteiger partial charge is 0.330 e. The van der Waals surface area contributed by atoms with Crippen molar-refractivity contribution in [1.29, 1.82) is 0 Å². The number of rotatable bonds is 6. The van der Waals surface area contributed by atoms with Crippen LogP contribution in [-0.2, 0) is 14.8 Å². The Kier molecular flexibility index (Phi) is 5.67. The number of hydrogen-bond donors (Lipinski definition) is 3. The van der Waals surface area contributed by atoms with Crippen LogP contribution in [0.3, 0.4) is 0 Å². The smallest absolute Gasteiger partial charge is 0.238 e. The molecule has 0 saturated heterocycles. The van der Waals surface area contributed by atoms with Gasteiger partial charge in [0.15, 0.2) is 0 Å². The topological polar surface area (TPSA) is 115 Å². The maximum atomic E-state index is 12.1. The molecule has 0 radical (unpaired) electrons. The lowest BCUT2D eigenvalue weighted by Crippen LogP contribution is -2.29. The molecule has 0 aliphatic heterocycles. The molecule has 1 aromatic carbocycles. The minimum absolute atomic E-state index is 0.00934. The van der Waals surface area contributed by atoms with Gasteiger partial charge in [0.2, 0.25) is 15.9 Å². The van der Waals surface area contributed by atoms with Crippen molar-refractivity contribution < 1.29 is 13.2 Å². The van der Waals surface area contributed by atoms with Gasteiger partial charge in [-0.2, -0.15) is 0 Å². The molecular weight excluding hydrogens is 278 g/mol. The van der Waals surface area contributed by atoms with Crippen LogP contribution in [-0.4, -0.2) is 20.9 Å². The fraction of sp³-hybridized carbons (Fsp3) is 0.462. The summed E-state index contributed by atoms with van der Waals surface area (Å²) in [5.41, 5.74) is 6.44. The van der Waals surface area contributed by atoms with Gasteiger partial charge < -0.3 is 11.1 Å². The third kappa shape index (κ3) is 4.03. The molecule has 20 heavy (non-hydrogen) atoms. The van der Waals surface area contributed by atoms with E-state index in [4.69, 9.17) is 10.9 Å². The van der Waals surface area contributed by atoms with Crippen LogP contribution in [0.25, 0.3) is 0 Å². The Morgan fingerprint density at radius 3 is 2.55 bits per heavy atom. The lowest BCUT2D eigenvalue weighted by molar-refractivity contribution is -0.119. The van der Waals surface area contributed by atoms with E-state index in [1.165, 1.54) is 6.07 Å². The van der Waals surface area contributed by atoms with Gasteiger partial charge in [-0.1, -0.05) is 19.4 Å². The fourth-order valence-corrected chi connectivity index (χ4v) is 2.80. The Hall–Kier alpha value is -1.44. The molecule has 0 aliphatic carbocycles. The Balaban J connectivity index is 3.02. The van der Waals surface area contributed by atoms with E-state index in [-0.39, 0.29) is 23.3 Å². The average molecular weight is 299 g/mol. The maximum Gasteiger partial charge on any atom is 0.238 e. The van der Waals surface area contributed by atoms with E-state index in [0.29, 0.717) is 17.7 Å². The summed E-state index contributed by atoms with van der Waals surface area (Å²) in [5.74, 6) is -0.485. The first-order valence-electron chi connectivity index (χ1n) is 6.44. The van der Waals surface area contributed by atoms with Gasteiger partial charge in [0, 0.05) is 12.2 Å². The monoisotopic (exact) mass is 299 g/mol. The maximum absolute atomic E-state index is 12.1. The van der Waals surface area contributed by atoms with Crippen LogP contribution in [0.2, 0.25) is 0 Å². The van der Waals surface area contributed by atoms with Gasteiger partial charge in [-0.15, -0.1) is 0 Å². The summed E-state index contributed by atoms with van der Waals surface area (Å²) in [7, 11) is -3.80. The van der Waals surface area contributed by atoms with E-state index in [9.17, 15) is 13.2 Å². The van der Waals surface area contributed by atoms with Crippen molar-refractivity contribution in [3.05, 3.63) is 23.8 Å². The van der Waals surface area contributed by atoms with E-state index in [1.807, 2.05) is 6.92 Å². The number of anilines is 1. The highest BCUT2D eigenvalue weighted by molar-refractivity contribution is 7.89. The molecular formula is C13H21N3O3S. The molecule has 0 spiro atoms. The van der Waals surface area contributed by atoms with Crippen LogP contribution in [0.15, 0.2) is 23.1 Å². The first kappa shape index (κ1) is 16.6. The van der Waals surface area contributed by atoms with E-state index in [1.54, 1.807) is 19.1 Å². The Morgan fingerprint density at radius 2 is 2.05 bits per heavy atom. The highest BCUT2D eigenvalue weighted by Crippen LogP contribution is 2.22. The Labute approximate surface area is 119 Å². The molecule has 1 unspecified atom stereocenters. The van der Waals surface area contributed by atoms with Crippen LogP contribution in [0.5, 0.6) is 0 Å². The second-order valence-electron chi connectivity index (χ2n) is 4.68. The summed E-state index contributed by atoms with van der Waals surface area (Å²) < 4.78 is 22.9. The SMILES string of the molecule is CCCC(CN)C(=O)Nc1cccc(S(N)(=O)=O)c1C. The molecule has 0 aromatic heterocycles. The molecule has 0 heterocycles. The number of hydrogen-bond acceptors (Lipinski definition) is 4. The van der Waals surface area contributed by atoms with Crippen molar-refractivity contribution in [2.45, 2.75) is 31.6 Å². The van der Waals surface area contributed by atoms with E-state index < -0.39 is 10.0 Å². The van der Waals surface area contributed by atoms with Gasteiger partial charge in [-0.3, -0.25) is 4.79 Å². The summed E-state index contributed by atoms with van der Waals surface area (Å²) in [5, 5.41) is 7.85. The number of carbonyl (C=O) groups excluding carboxylic acids is 1. The fourth-order valence-electron chi connectivity index (χ4n) is 2.00. The molecule has 112 valence electrons. The minimum atomic E-state index is -3.80. The highest BCUT2D eigenvalue weighted by atomic mass is 32.2. The molecule has 0 aliphatic rings. The minimum Gasteiger partial charge on any atom is -0.330 e. The number of amides is 1. The summed E-state index contributed by atoms with van der Waals surface area (Å²) in [6.07, 6.45) is 1.54. The number of primary sulfonamides is 1. The van der Waals surface area contributed by atoms with Crippen molar-refractivity contribution in [3.8, 4) is 0 Å². The van der Waals surface area contributed by atoms with Crippen LogP contribution in [0.1, 0.15) is 25.3 Å². The molecule has 0 bridgehead atoms. The van der Waals surface area contributed by atoms with E-state index >= 15 is 0 Å². The predicted molar refractivity (Wildman–Crippen MR) is 78.6 cm³/mol. The first-order valence-corrected chi connectivity index (χ1v) is 7.99. The van der Waals surface area contributed by atoms with Gasteiger partial charge in [-0.05, 0) is 31.0 Å². The zero-order valence-corrected chi connectivity index (χ0v) is 12.5. The van der Waals surface area contributed by atoms with Crippen LogP contribution >= 0.6 is 0 Å². The van der Waals surface area contributed by atoms with Gasteiger partial charge in [0.1, 0.15) is 0 Å². The quantitative estimate of drug-likeness (QED) is 0.725. The standard InChI is InChI=1S/C13H21N3O3S/c1-3-5-10(8-14)13(17)16-11-6-4-7-12(9(11)2)20(15,18)19/h4,6-7,10H,3,5,8,14H2,1-2H3,(H,16,17)(H2,15,18,19). The highest BCUT2D eigenvalue weighted by Gasteiger charge is 2.19. The van der Waals surface area contributed by atoms with E-state index in [0.717, 1.165) is 6.42 Å². The molecule has 0 saturated carbocycles. The van der Waals surface area contributed by atoms with Gasteiger partial charge >= 0.3 is 0 Å². The van der Waals surface area contributed by atoms with Crippen molar-refractivity contribution in [2.24, 2.45) is 16.8 Å². The van der Waals surface area contributed by atoms with Gasteiger partial charge in [0.05, 0.1) is 10.8 Å². The summed E-state index contributed by atoms with van der Waals surface area (Å²) in [4.78, 5) is 12.1. The van der Waals surface area contributed by atoms with Crippen molar-refractivity contribution >= 4 is 21.6 Å². The van der Waals surface area contributed by atoms with Crippen LogP contribution in [0.4, 0.5) is 5.69 Å². The van der Waals surface area contributed by atoms with Crippen molar-refractivity contribution in [1.82, 2.24) is 0 Å². The lowest BCUT2D eigenvalue weighted by atomic mass is 10.0. The third-order valence-corrected chi connectivity index (χ3v) is 4.20. The molecule has 7 heteroatoms. The second kappa shape index (κ2) is 6.83. The molecule has 1 amide bonds. The number of nitrogens with two attached hydrogens (primary N) is 2. The zero-order valence-electron chi connectivity index (χ0n) is 11.7. The van der Waals surface area contributed by atoms with E-state index in [2.05, 4.69) is 5.32 Å². The number of benzene rings is 1. The molecule has 5 N–H and O–H groups in total. The normalized spacial score (nSPS) is 13.0. The van der Waals surface area contributed by atoms with Gasteiger partial charge in [0.25, 0.3) is 0 Å². The number of sulfonamides is 1. The molecule has 6 nitrogen and oxygen atoms in total. The van der Waals surface area contributed by atoms with Crippen LogP contribution < -0.4 is 16.2 Å². The van der Waals surface area contributed by atoms with Gasteiger partial charge in [-0.25, -0.2) is 13.6 Å². The Bertz CT molecular complexity index is 585. The molecule has 1 atom stereocenters. The molecule has 0 fully saturated rings. The molecule has 1 rings (SSSR count). The van der Waals surface area contributed by atoms with Crippen molar-refractivity contribution in [3.63, 3.8) is 0 Å². The predicted octanol–water partition coefficient (Wildman–Crippen LogP) is 0.956. The summed E-state index contributed by atoms with van der Waals surface area (Å²) in [6, 6.07) is 4.59. The number of carbonyl (C=O) groups is 1. The second-order valence-corrected chi connectivity index (χ2v) is 6.21. The zero-order chi connectivity index (χ0) is 15.3. The third-order valence-electron chi connectivity index (χ3n) is 3.14. The van der Waals surface area contributed by atoms with Crippen LogP contribution in [0, 0.1) is 12.8 Å². The van der Waals surface area contributed by atoms with Crippen molar-refractivity contribution in [2.75, 3.05) is 11.9 Å². The number of nitrogens with one attached hydrogen (secondary N) is 1. The first-order chi connectivity index (χ1) is 9.31.